The van der Waals surface area contributed by atoms with E-state index in [0.29, 0.717) is 6.42 Å². The molecule has 0 aliphatic heterocycles. The van der Waals surface area contributed by atoms with Gasteiger partial charge in [0, 0.05) is 0 Å². The van der Waals surface area contributed by atoms with Crippen molar-refractivity contribution in [2.45, 2.75) is 26.3 Å². The second-order valence-corrected chi connectivity index (χ2v) is 4.98. The second-order valence-electron chi connectivity index (χ2n) is 4.57. The lowest BCUT2D eigenvalue weighted by atomic mass is 9.99. The molecule has 0 heterocycles. The van der Waals surface area contributed by atoms with Gasteiger partial charge in [0.2, 0.25) is 0 Å². The first-order valence-corrected chi connectivity index (χ1v) is 6.63. The lowest BCUT2D eigenvalue weighted by molar-refractivity contribution is -0.385. The summed E-state index contributed by atoms with van der Waals surface area (Å²) in [5, 5.41) is 22.2. The third kappa shape index (κ3) is 3.91. The van der Waals surface area contributed by atoms with Gasteiger partial charge in [-0.1, -0.05) is 37.9 Å². The number of nitro benzene ring substituents is 1. The topological polar surface area (TPSA) is 110 Å². The first-order valence-electron chi connectivity index (χ1n) is 6.26. The lowest BCUT2D eigenvalue weighted by Gasteiger charge is -2.20. The standard InChI is InChI=1S/C13H15ClN2O5/c1-3-7(2)10(13(18)19)15-12(17)8-5-4-6-9(14)11(8)16(20)21/h4-7,10H,3H2,1-2H3,(H,15,17)(H,18,19)/t7?,10-/m0/s1. The molecule has 2 atom stereocenters. The highest BCUT2D eigenvalue weighted by molar-refractivity contribution is 6.33. The number of hydrogen-bond donors (Lipinski definition) is 2. The predicted octanol–water partition coefficient (Wildman–Crippen LogP) is 2.48. The van der Waals surface area contributed by atoms with Gasteiger partial charge in [0.05, 0.1) is 4.92 Å². The van der Waals surface area contributed by atoms with Gasteiger partial charge in [-0.25, -0.2) is 4.79 Å². The molecule has 0 radical (unpaired) electrons. The highest BCUT2D eigenvalue weighted by Crippen LogP contribution is 2.28. The summed E-state index contributed by atoms with van der Waals surface area (Å²) in [7, 11) is 0. The maximum atomic E-state index is 12.1. The Morgan fingerprint density at radius 1 is 1.48 bits per heavy atom. The number of para-hydroxylation sites is 1. The minimum Gasteiger partial charge on any atom is -0.480 e. The molecule has 21 heavy (non-hydrogen) atoms. The molecule has 0 bridgehead atoms. The van der Waals surface area contributed by atoms with E-state index >= 15 is 0 Å². The first kappa shape index (κ1) is 16.9. The molecule has 1 amide bonds. The van der Waals surface area contributed by atoms with Crippen LogP contribution in [0, 0.1) is 16.0 Å². The average molecular weight is 315 g/mol. The fourth-order valence-electron chi connectivity index (χ4n) is 1.79. The molecule has 0 fully saturated rings. The molecule has 114 valence electrons. The van der Waals surface area contributed by atoms with E-state index in [1.54, 1.807) is 13.8 Å². The van der Waals surface area contributed by atoms with Crippen molar-refractivity contribution in [3.05, 3.63) is 38.9 Å². The monoisotopic (exact) mass is 314 g/mol. The van der Waals surface area contributed by atoms with Crippen molar-refractivity contribution in [2.24, 2.45) is 5.92 Å². The van der Waals surface area contributed by atoms with Gasteiger partial charge in [-0.3, -0.25) is 14.9 Å². The fraction of sp³-hybridized carbons (Fsp3) is 0.385. The summed E-state index contributed by atoms with van der Waals surface area (Å²) in [5.74, 6) is -2.34. The summed E-state index contributed by atoms with van der Waals surface area (Å²) >= 11 is 5.72. The number of benzene rings is 1. The Morgan fingerprint density at radius 3 is 2.57 bits per heavy atom. The van der Waals surface area contributed by atoms with Crippen LogP contribution >= 0.6 is 11.6 Å². The second kappa shape index (κ2) is 7.03. The zero-order valence-electron chi connectivity index (χ0n) is 11.5. The Hall–Kier alpha value is -2.15. The van der Waals surface area contributed by atoms with Gasteiger partial charge in [0.25, 0.3) is 5.91 Å². The molecule has 8 heteroatoms. The van der Waals surface area contributed by atoms with Crippen LogP contribution in [0.4, 0.5) is 5.69 Å². The Balaban J connectivity index is 3.12. The van der Waals surface area contributed by atoms with E-state index < -0.39 is 28.5 Å². The zero-order valence-corrected chi connectivity index (χ0v) is 12.3. The molecule has 1 aromatic carbocycles. The Kier molecular flexibility index (Phi) is 5.66. The quantitative estimate of drug-likeness (QED) is 0.619. The molecule has 0 saturated carbocycles. The number of hydrogen-bond acceptors (Lipinski definition) is 4. The SMILES string of the molecule is CCC(C)[C@H](NC(=O)c1cccc(Cl)c1[N+](=O)[O-])C(=O)O. The number of carbonyl (C=O) groups is 2. The molecule has 0 aliphatic carbocycles. The molecule has 0 aliphatic rings. The number of carboxylic acid groups (broad SMARTS) is 1. The highest BCUT2D eigenvalue weighted by Gasteiger charge is 2.29. The molecular formula is C13H15ClN2O5. The maximum absolute atomic E-state index is 12.1. The number of nitro groups is 1. The van der Waals surface area contributed by atoms with Crippen molar-refractivity contribution in [1.29, 1.82) is 0 Å². The summed E-state index contributed by atoms with van der Waals surface area (Å²) in [4.78, 5) is 33.5. The molecule has 1 rings (SSSR count). The molecular weight excluding hydrogens is 300 g/mol. The van der Waals surface area contributed by atoms with Crippen LogP contribution in [0.3, 0.4) is 0 Å². The molecule has 7 nitrogen and oxygen atoms in total. The van der Waals surface area contributed by atoms with Crippen molar-refractivity contribution >= 4 is 29.2 Å². The minimum atomic E-state index is -1.19. The molecule has 0 aromatic heterocycles. The highest BCUT2D eigenvalue weighted by atomic mass is 35.5. The van der Waals surface area contributed by atoms with Gasteiger partial charge >= 0.3 is 11.7 Å². The van der Waals surface area contributed by atoms with Crippen LogP contribution in [0.5, 0.6) is 0 Å². The van der Waals surface area contributed by atoms with Gasteiger partial charge in [-0.2, -0.15) is 0 Å². The van der Waals surface area contributed by atoms with Crippen molar-refractivity contribution < 1.29 is 19.6 Å². The van der Waals surface area contributed by atoms with E-state index in [1.807, 2.05) is 0 Å². The third-order valence-electron chi connectivity index (χ3n) is 3.18. The number of nitrogens with zero attached hydrogens (tertiary/aromatic N) is 1. The summed E-state index contributed by atoms with van der Waals surface area (Å²) in [6.07, 6.45) is 0.537. The number of carboxylic acids is 1. The number of rotatable bonds is 6. The predicted molar refractivity (Wildman–Crippen MR) is 76.5 cm³/mol. The van der Waals surface area contributed by atoms with Crippen LogP contribution in [0.25, 0.3) is 0 Å². The summed E-state index contributed by atoms with van der Waals surface area (Å²) < 4.78 is 0. The molecule has 0 saturated heterocycles. The summed E-state index contributed by atoms with van der Waals surface area (Å²) in [6, 6.07) is 2.79. The normalized spacial score (nSPS) is 13.3. The zero-order chi connectivity index (χ0) is 16.2. The number of amides is 1. The molecule has 0 spiro atoms. The van der Waals surface area contributed by atoms with Crippen LogP contribution in [0.15, 0.2) is 18.2 Å². The Bertz CT molecular complexity index is 576. The largest absolute Gasteiger partial charge is 0.480 e. The number of carbonyl (C=O) groups excluding carboxylic acids is 1. The van der Waals surface area contributed by atoms with Crippen molar-refractivity contribution in [3.63, 3.8) is 0 Å². The summed E-state index contributed by atoms with van der Waals surface area (Å²) in [5.41, 5.74) is -0.799. The van der Waals surface area contributed by atoms with Crippen LogP contribution in [0.2, 0.25) is 5.02 Å². The van der Waals surface area contributed by atoms with Crippen molar-refractivity contribution in [2.75, 3.05) is 0 Å². The average Bonchev–Trinajstić information content (AvgIpc) is 2.42. The Labute approximate surface area is 126 Å². The van der Waals surface area contributed by atoms with E-state index in [2.05, 4.69) is 5.32 Å². The number of aliphatic carboxylic acids is 1. The van der Waals surface area contributed by atoms with E-state index in [-0.39, 0.29) is 16.5 Å². The van der Waals surface area contributed by atoms with E-state index in [0.717, 1.165) is 0 Å². The van der Waals surface area contributed by atoms with Crippen LogP contribution in [-0.4, -0.2) is 27.9 Å². The van der Waals surface area contributed by atoms with Crippen LogP contribution in [0.1, 0.15) is 30.6 Å². The minimum absolute atomic E-state index is 0.178. The smallest absolute Gasteiger partial charge is 0.326 e. The van der Waals surface area contributed by atoms with Gasteiger partial charge in [0.1, 0.15) is 16.6 Å². The molecule has 2 N–H and O–H groups in total. The van der Waals surface area contributed by atoms with Crippen LogP contribution < -0.4 is 5.32 Å². The first-order chi connectivity index (χ1) is 9.79. The Morgan fingerprint density at radius 2 is 2.10 bits per heavy atom. The van der Waals surface area contributed by atoms with Gasteiger partial charge in [-0.05, 0) is 18.1 Å². The molecule has 1 unspecified atom stereocenters. The van der Waals surface area contributed by atoms with Crippen molar-refractivity contribution in [3.8, 4) is 0 Å². The third-order valence-corrected chi connectivity index (χ3v) is 3.48. The fourth-order valence-corrected chi connectivity index (χ4v) is 2.03. The lowest BCUT2D eigenvalue weighted by Crippen LogP contribution is -2.45. The van der Waals surface area contributed by atoms with Gasteiger partial charge < -0.3 is 10.4 Å². The van der Waals surface area contributed by atoms with Crippen molar-refractivity contribution in [1.82, 2.24) is 5.32 Å². The number of halogens is 1. The van der Waals surface area contributed by atoms with E-state index in [4.69, 9.17) is 16.7 Å². The van der Waals surface area contributed by atoms with E-state index in [1.165, 1.54) is 18.2 Å². The summed E-state index contributed by atoms with van der Waals surface area (Å²) in [6.45, 7) is 3.46. The maximum Gasteiger partial charge on any atom is 0.326 e. The van der Waals surface area contributed by atoms with Crippen LogP contribution in [-0.2, 0) is 4.79 Å². The molecule has 1 aromatic rings. The number of nitrogens with one attached hydrogen (secondary N) is 1. The van der Waals surface area contributed by atoms with Gasteiger partial charge in [0.15, 0.2) is 0 Å². The van der Waals surface area contributed by atoms with E-state index in [9.17, 15) is 19.7 Å². The van der Waals surface area contributed by atoms with Gasteiger partial charge in [-0.15, -0.1) is 0 Å².